The van der Waals surface area contributed by atoms with Crippen molar-refractivity contribution in [1.29, 1.82) is 0 Å². The molecular formula is C20H32O2. The molecular weight excluding hydrogens is 272 g/mol. The van der Waals surface area contributed by atoms with Gasteiger partial charge in [-0.1, -0.05) is 27.7 Å². The first-order chi connectivity index (χ1) is 10.1. The van der Waals surface area contributed by atoms with Gasteiger partial charge in [-0.05, 0) is 73.5 Å². The Morgan fingerprint density at radius 3 is 2.41 bits per heavy atom. The van der Waals surface area contributed by atoms with Crippen molar-refractivity contribution in [3.05, 3.63) is 0 Å². The van der Waals surface area contributed by atoms with Crippen molar-refractivity contribution in [2.24, 2.45) is 39.9 Å². The molecule has 0 amide bonds. The van der Waals surface area contributed by atoms with Gasteiger partial charge in [0.1, 0.15) is 5.78 Å². The lowest BCUT2D eigenvalue weighted by Crippen LogP contribution is -2.58. The van der Waals surface area contributed by atoms with Crippen molar-refractivity contribution in [2.75, 3.05) is 0 Å². The van der Waals surface area contributed by atoms with E-state index in [1.807, 2.05) is 6.92 Å². The zero-order valence-corrected chi connectivity index (χ0v) is 14.9. The Morgan fingerprint density at radius 1 is 1.09 bits per heavy atom. The van der Waals surface area contributed by atoms with E-state index in [0.29, 0.717) is 29.5 Å². The monoisotopic (exact) mass is 304 g/mol. The first-order valence-corrected chi connectivity index (χ1v) is 9.35. The molecule has 2 nitrogen and oxygen atoms in total. The summed E-state index contributed by atoms with van der Waals surface area (Å²) in [5, 5.41) is 10.9. The summed E-state index contributed by atoms with van der Waals surface area (Å²) in [6.45, 7) is 11.3. The van der Waals surface area contributed by atoms with Gasteiger partial charge in [0, 0.05) is 11.8 Å². The summed E-state index contributed by atoms with van der Waals surface area (Å²) in [4.78, 5) is 13.2. The molecule has 4 aliphatic rings. The molecule has 0 aromatic carbocycles. The van der Waals surface area contributed by atoms with Gasteiger partial charge < -0.3 is 5.11 Å². The number of hydrogen-bond acceptors (Lipinski definition) is 2. The van der Waals surface area contributed by atoms with Gasteiger partial charge in [-0.2, -0.15) is 0 Å². The molecule has 7 atom stereocenters. The van der Waals surface area contributed by atoms with Crippen LogP contribution in [0.15, 0.2) is 0 Å². The largest absolute Gasteiger partial charge is 0.390 e. The summed E-state index contributed by atoms with van der Waals surface area (Å²) < 4.78 is 0. The number of fused-ring (bicyclic) bond motifs is 1. The maximum Gasteiger partial charge on any atom is 0.139 e. The molecule has 0 heterocycles. The molecule has 0 unspecified atom stereocenters. The first kappa shape index (κ1) is 15.2. The molecule has 0 bridgehead atoms. The van der Waals surface area contributed by atoms with E-state index < -0.39 is 5.60 Å². The molecule has 124 valence electrons. The SMILES string of the molecule is CC(C)[C@H]1CC[C@@H]2[C@]1(C)CC(=O)[C@@]1(C)CC[C@@](C)(O)[C@@H]3C[C@@]231. The summed E-state index contributed by atoms with van der Waals surface area (Å²) in [6, 6.07) is 0. The van der Waals surface area contributed by atoms with E-state index in [4.69, 9.17) is 0 Å². The van der Waals surface area contributed by atoms with E-state index in [1.54, 1.807) is 0 Å². The van der Waals surface area contributed by atoms with E-state index in [0.717, 1.165) is 25.7 Å². The molecule has 4 aliphatic carbocycles. The van der Waals surface area contributed by atoms with Gasteiger partial charge in [0.2, 0.25) is 0 Å². The minimum Gasteiger partial charge on any atom is -0.390 e. The molecule has 4 fully saturated rings. The second kappa shape index (κ2) is 3.99. The minimum absolute atomic E-state index is 0.114. The van der Waals surface area contributed by atoms with Crippen molar-refractivity contribution >= 4 is 5.78 Å². The van der Waals surface area contributed by atoms with Crippen molar-refractivity contribution in [3.8, 4) is 0 Å². The standard InChI is InChI=1S/C20H32O2/c1-12(2)13-6-7-14-17(13,3)11-16(21)18(4)8-9-19(5,22)15-10-20(14,15)18/h12-15,22H,6-11H2,1-5H3/t13-,14-,15+,17-,18-,19-,20-/m1/s1. The molecule has 1 spiro atoms. The molecule has 22 heavy (non-hydrogen) atoms. The van der Waals surface area contributed by atoms with Crippen LogP contribution >= 0.6 is 0 Å². The van der Waals surface area contributed by atoms with Crippen LogP contribution in [0, 0.1) is 39.9 Å². The fourth-order valence-electron chi connectivity index (χ4n) is 7.74. The second-order valence-electron chi connectivity index (χ2n) is 10.1. The lowest BCUT2D eigenvalue weighted by molar-refractivity contribution is -0.166. The average molecular weight is 304 g/mol. The average Bonchev–Trinajstić information content (AvgIpc) is 3.08. The van der Waals surface area contributed by atoms with Gasteiger partial charge in [-0.15, -0.1) is 0 Å². The number of carbonyl (C=O) groups is 1. The number of ketones is 1. The maximum absolute atomic E-state index is 13.2. The van der Waals surface area contributed by atoms with Gasteiger partial charge in [0.25, 0.3) is 0 Å². The second-order valence-corrected chi connectivity index (χ2v) is 10.1. The molecule has 2 heteroatoms. The highest BCUT2D eigenvalue weighted by molar-refractivity contribution is 5.88. The van der Waals surface area contributed by atoms with Crippen molar-refractivity contribution < 1.29 is 9.90 Å². The predicted octanol–water partition coefficient (Wildman–Crippen LogP) is 4.21. The third kappa shape index (κ3) is 1.45. The lowest BCUT2D eigenvalue weighted by atomic mass is 9.45. The van der Waals surface area contributed by atoms with E-state index >= 15 is 0 Å². The van der Waals surface area contributed by atoms with Gasteiger partial charge >= 0.3 is 0 Å². The number of hydrogen-bond donors (Lipinski definition) is 1. The van der Waals surface area contributed by atoms with E-state index in [2.05, 4.69) is 27.7 Å². The zero-order chi connectivity index (χ0) is 16.1. The highest BCUT2D eigenvalue weighted by Crippen LogP contribution is 2.83. The summed E-state index contributed by atoms with van der Waals surface area (Å²) in [5.74, 6) is 2.85. The third-order valence-corrected chi connectivity index (χ3v) is 8.91. The quantitative estimate of drug-likeness (QED) is 0.788. The Balaban J connectivity index is 1.82. The Morgan fingerprint density at radius 2 is 1.77 bits per heavy atom. The smallest absolute Gasteiger partial charge is 0.139 e. The van der Waals surface area contributed by atoms with Crippen molar-refractivity contribution in [1.82, 2.24) is 0 Å². The van der Waals surface area contributed by atoms with Crippen LogP contribution in [0.3, 0.4) is 0 Å². The number of Topliss-reactive ketones (excluding diaryl/α,β-unsaturated/α-hetero) is 1. The van der Waals surface area contributed by atoms with Crippen LogP contribution in [0.2, 0.25) is 0 Å². The Labute approximate surface area is 135 Å². The Kier molecular flexibility index (Phi) is 2.75. The van der Waals surface area contributed by atoms with Crippen LogP contribution in [-0.2, 0) is 4.79 Å². The van der Waals surface area contributed by atoms with E-state index in [9.17, 15) is 9.90 Å². The van der Waals surface area contributed by atoms with E-state index in [1.165, 1.54) is 12.8 Å². The normalized spacial score (nSPS) is 60.0. The molecule has 0 radical (unpaired) electrons. The molecule has 4 saturated carbocycles. The number of rotatable bonds is 1. The van der Waals surface area contributed by atoms with Crippen LogP contribution in [0.5, 0.6) is 0 Å². The maximum atomic E-state index is 13.2. The molecule has 0 saturated heterocycles. The van der Waals surface area contributed by atoms with Gasteiger partial charge in [0.15, 0.2) is 0 Å². The Bertz CT molecular complexity index is 536. The van der Waals surface area contributed by atoms with Gasteiger partial charge in [-0.25, -0.2) is 0 Å². The third-order valence-electron chi connectivity index (χ3n) is 8.91. The minimum atomic E-state index is -0.548. The molecule has 1 N–H and O–H groups in total. The molecule has 0 aliphatic heterocycles. The summed E-state index contributed by atoms with van der Waals surface area (Å²) in [5.41, 5.74) is -0.417. The van der Waals surface area contributed by atoms with Crippen LogP contribution in [0.1, 0.15) is 73.1 Å². The van der Waals surface area contributed by atoms with Crippen molar-refractivity contribution in [3.63, 3.8) is 0 Å². The van der Waals surface area contributed by atoms with Crippen LogP contribution < -0.4 is 0 Å². The first-order valence-electron chi connectivity index (χ1n) is 9.35. The Hall–Kier alpha value is -0.370. The van der Waals surface area contributed by atoms with Crippen LogP contribution in [-0.4, -0.2) is 16.5 Å². The highest BCUT2D eigenvalue weighted by atomic mass is 16.3. The summed E-state index contributed by atoms with van der Waals surface area (Å²) in [6.07, 6.45) is 6.13. The molecule has 4 rings (SSSR count). The van der Waals surface area contributed by atoms with Gasteiger partial charge in [-0.3, -0.25) is 4.79 Å². The van der Waals surface area contributed by atoms with Crippen LogP contribution in [0.25, 0.3) is 0 Å². The summed E-state index contributed by atoms with van der Waals surface area (Å²) in [7, 11) is 0. The van der Waals surface area contributed by atoms with Gasteiger partial charge in [0.05, 0.1) is 5.60 Å². The zero-order valence-electron chi connectivity index (χ0n) is 14.9. The predicted molar refractivity (Wildman–Crippen MR) is 87.3 cm³/mol. The summed E-state index contributed by atoms with van der Waals surface area (Å²) >= 11 is 0. The number of carbonyl (C=O) groups excluding carboxylic acids is 1. The fraction of sp³-hybridized carbons (Fsp3) is 0.950. The number of aliphatic hydroxyl groups is 1. The van der Waals surface area contributed by atoms with Crippen LogP contribution in [0.4, 0.5) is 0 Å². The lowest BCUT2D eigenvalue weighted by Gasteiger charge is -2.58. The van der Waals surface area contributed by atoms with E-state index in [-0.39, 0.29) is 16.2 Å². The fourth-order valence-corrected chi connectivity index (χ4v) is 7.74. The molecule has 0 aromatic rings. The highest BCUT2D eigenvalue weighted by Gasteiger charge is 2.81. The van der Waals surface area contributed by atoms with Crippen molar-refractivity contribution in [2.45, 2.75) is 78.7 Å². The molecule has 0 aromatic heterocycles. The topological polar surface area (TPSA) is 37.3 Å².